The summed E-state index contributed by atoms with van der Waals surface area (Å²) in [4.78, 5) is 11.3. The summed E-state index contributed by atoms with van der Waals surface area (Å²) >= 11 is 0. The topological polar surface area (TPSA) is 66.8 Å². The number of hydrogen-bond donors (Lipinski definition) is 2. The smallest absolute Gasteiger partial charge is 0.312 e. The third-order valence-electron chi connectivity index (χ3n) is 2.81. The predicted molar refractivity (Wildman–Crippen MR) is 55.2 cm³/mol. The van der Waals surface area contributed by atoms with Gasteiger partial charge in [0, 0.05) is 6.42 Å². The molecule has 0 saturated carbocycles. The molecule has 4 nitrogen and oxygen atoms in total. The third-order valence-corrected chi connectivity index (χ3v) is 2.81. The fourth-order valence-electron chi connectivity index (χ4n) is 1.81. The highest BCUT2D eigenvalue weighted by Gasteiger charge is 2.38. The van der Waals surface area contributed by atoms with Crippen LogP contribution >= 0.6 is 0 Å². The van der Waals surface area contributed by atoms with E-state index in [0.29, 0.717) is 18.8 Å². The Labute approximate surface area is 90.2 Å². The van der Waals surface area contributed by atoms with Gasteiger partial charge < -0.3 is 14.9 Å². The van der Waals surface area contributed by atoms with Crippen molar-refractivity contribution < 1.29 is 19.7 Å². The summed E-state index contributed by atoms with van der Waals surface area (Å²) < 4.78 is 4.90. The van der Waals surface area contributed by atoms with Crippen LogP contribution in [0, 0.1) is 11.8 Å². The standard InChI is InChI=1S/C11H20O4/c1-7(2)3-4-10(13)9-5-8(6-12)15-11(9)14/h7-10,12-13H,3-6H2,1-2H3/t8-,9+,10+/m1/s1. The van der Waals surface area contributed by atoms with Crippen molar-refractivity contribution >= 4 is 5.97 Å². The van der Waals surface area contributed by atoms with Gasteiger partial charge in [-0.05, 0) is 18.8 Å². The van der Waals surface area contributed by atoms with Crippen LogP contribution in [0.3, 0.4) is 0 Å². The van der Waals surface area contributed by atoms with Gasteiger partial charge in [0.25, 0.3) is 0 Å². The van der Waals surface area contributed by atoms with Crippen molar-refractivity contribution in [2.45, 2.75) is 45.3 Å². The van der Waals surface area contributed by atoms with Crippen molar-refractivity contribution in [2.75, 3.05) is 6.61 Å². The highest BCUT2D eigenvalue weighted by atomic mass is 16.6. The molecule has 0 aromatic heterocycles. The van der Waals surface area contributed by atoms with Crippen LogP contribution in [0.5, 0.6) is 0 Å². The summed E-state index contributed by atoms with van der Waals surface area (Å²) in [6, 6.07) is 0. The molecule has 88 valence electrons. The average molecular weight is 216 g/mol. The molecule has 0 amide bonds. The maximum atomic E-state index is 11.3. The van der Waals surface area contributed by atoms with E-state index in [9.17, 15) is 9.90 Å². The van der Waals surface area contributed by atoms with Crippen molar-refractivity contribution in [3.63, 3.8) is 0 Å². The van der Waals surface area contributed by atoms with Crippen LogP contribution in [0.25, 0.3) is 0 Å². The summed E-state index contributed by atoms with van der Waals surface area (Å²) in [6.45, 7) is 4.01. The van der Waals surface area contributed by atoms with Crippen molar-refractivity contribution in [3.8, 4) is 0 Å². The molecule has 1 saturated heterocycles. The molecule has 0 aliphatic carbocycles. The lowest BCUT2D eigenvalue weighted by atomic mass is 9.93. The lowest BCUT2D eigenvalue weighted by Gasteiger charge is -2.15. The Hall–Kier alpha value is -0.610. The summed E-state index contributed by atoms with van der Waals surface area (Å²) in [6.07, 6.45) is 0.909. The first-order chi connectivity index (χ1) is 7.04. The van der Waals surface area contributed by atoms with Gasteiger partial charge in [0.15, 0.2) is 0 Å². The molecule has 1 heterocycles. The molecular formula is C11H20O4. The minimum absolute atomic E-state index is 0.154. The Balaban J connectivity index is 2.39. The molecule has 1 rings (SSSR count). The van der Waals surface area contributed by atoms with Crippen molar-refractivity contribution in [1.29, 1.82) is 0 Å². The molecule has 2 N–H and O–H groups in total. The monoisotopic (exact) mass is 216 g/mol. The van der Waals surface area contributed by atoms with Crippen LogP contribution in [0.1, 0.15) is 33.1 Å². The van der Waals surface area contributed by atoms with E-state index in [2.05, 4.69) is 13.8 Å². The molecule has 0 aromatic carbocycles. The number of hydrogen-bond acceptors (Lipinski definition) is 4. The molecule has 0 radical (unpaired) electrons. The number of esters is 1. The van der Waals surface area contributed by atoms with E-state index in [-0.39, 0.29) is 12.6 Å². The zero-order valence-electron chi connectivity index (χ0n) is 9.35. The normalized spacial score (nSPS) is 28.2. The molecule has 0 spiro atoms. The van der Waals surface area contributed by atoms with Crippen LogP contribution in [-0.2, 0) is 9.53 Å². The second kappa shape index (κ2) is 5.47. The van der Waals surface area contributed by atoms with Gasteiger partial charge in [0.05, 0.1) is 18.6 Å². The van der Waals surface area contributed by atoms with Gasteiger partial charge in [-0.1, -0.05) is 13.8 Å². The van der Waals surface area contributed by atoms with Gasteiger partial charge in [-0.25, -0.2) is 0 Å². The Bertz CT molecular complexity index is 215. The maximum absolute atomic E-state index is 11.3. The lowest BCUT2D eigenvalue weighted by Crippen LogP contribution is -2.24. The number of carbonyl (C=O) groups is 1. The van der Waals surface area contributed by atoms with E-state index in [0.717, 1.165) is 6.42 Å². The van der Waals surface area contributed by atoms with E-state index in [1.807, 2.05) is 0 Å². The zero-order chi connectivity index (χ0) is 11.4. The van der Waals surface area contributed by atoms with Gasteiger partial charge in [0.1, 0.15) is 6.10 Å². The molecule has 4 heteroatoms. The minimum Gasteiger partial charge on any atom is -0.460 e. The van der Waals surface area contributed by atoms with Gasteiger partial charge >= 0.3 is 5.97 Å². The molecule has 0 bridgehead atoms. The van der Waals surface area contributed by atoms with Crippen LogP contribution in [0.2, 0.25) is 0 Å². The molecule has 0 aromatic rings. The van der Waals surface area contributed by atoms with Crippen molar-refractivity contribution in [2.24, 2.45) is 11.8 Å². The summed E-state index contributed by atoms with van der Waals surface area (Å²) in [5.41, 5.74) is 0. The molecule has 3 atom stereocenters. The second-order valence-corrected chi connectivity index (χ2v) is 4.62. The Kier molecular flexibility index (Phi) is 4.54. The second-order valence-electron chi connectivity index (χ2n) is 4.62. The van der Waals surface area contributed by atoms with Crippen molar-refractivity contribution in [1.82, 2.24) is 0 Å². The Morgan fingerprint density at radius 2 is 2.13 bits per heavy atom. The Morgan fingerprint density at radius 3 is 2.60 bits per heavy atom. The van der Waals surface area contributed by atoms with Crippen LogP contribution in [-0.4, -0.2) is 35.0 Å². The maximum Gasteiger partial charge on any atom is 0.312 e. The minimum atomic E-state index is -0.628. The Morgan fingerprint density at radius 1 is 1.47 bits per heavy atom. The van der Waals surface area contributed by atoms with Gasteiger partial charge in [-0.2, -0.15) is 0 Å². The zero-order valence-corrected chi connectivity index (χ0v) is 9.35. The van der Waals surface area contributed by atoms with Gasteiger partial charge in [0.2, 0.25) is 0 Å². The van der Waals surface area contributed by atoms with Gasteiger partial charge in [-0.15, -0.1) is 0 Å². The van der Waals surface area contributed by atoms with Crippen LogP contribution in [0.15, 0.2) is 0 Å². The van der Waals surface area contributed by atoms with E-state index in [1.165, 1.54) is 0 Å². The fraction of sp³-hybridized carbons (Fsp3) is 0.909. The average Bonchev–Trinajstić information content (AvgIpc) is 2.56. The first-order valence-electron chi connectivity index (χ1n) is 5.54. The highest BCUT2D eigenvalue weighted by Crippen LogP contribution is 2.26. The number of ether oxygens (including phenoxy) is 1. The first-order valence-corrected chi connectivity index (χ1v) is 5.54. The summed E-state index contributed by atoms with van der Waals surface area (Å²) in [5, 5.41) is 18.6. The molecule has 1 fully saturated rings. The molecule has 1 aliphatic rings. The number of aliphatic hydroxyl groups is 2. The number of cyclic esters (lactones) is 1. The van der Waals surface area contributed by atoms with E-state index < -0.39 is 18.1 Å². The summed E-state index contributed by atoms with van der Waals surface area (Å²) in [7, 11) is 0. The number of aliphatic hydroxyl groups excluding tert-OH is 2. The van der Waals surface area contributed by atoms with E-state index in [1.54, 1.807) is 0 Å². The molecular weight excluding hydrogens is 196 g/mol. The molecule has 15 heavy (non-hydrogen) atoms. The predicted octanol–water partition coefficient (Wildman–Crippen LogP) is 0.707. The van der Waals surface area contributed by atoms with E-state index in [4.69, 9.17) is 9.84 Å². The van der Waals surface area contributed by atoms with Crippen LogP contribution < -0.4 is 0 Å². The fourth-order valence-corrected chi connectivity index (χ4v) is 1.81. The quantitative estimate of drug-likeness (QED) is 0.664. The van der Waals surface area contributed by atoms with E-state index >= 15 is 0 Å². The van der Waals surface area contributed by atoms with Crippen molar-refractivity contribution in [3.05, 3.63) is 0 Å². The number of carbonyl (C=O) groups excluding carboxylic acids is 1. The van der Waals surface area contributed by atoms with Crippen LogP contribution in [0.4, 0.5) is 0 Å². The SMILES string of the molecule is CC(C)CC[C@H](O)[C@@H]1C[C@H](CO)OC1=O. The molecule has 0 unspecified atom stereocenters. The van der Waals surface area contributed by atoms with Gasteiger partial charge in [-0.3, -0.25) is 4.79 Å². The largest absolute Gasteiger partial charge is 0.460 e. The lowest BCUT2D eigenvalue weighted by molar-refractivity contribution is -0.147. The highest BCUT2D eigenvalue weighted by molar-refractivity contribution is 5.75. The number of rotatable bonds is 5. The molecule has 1 aliphatic heterocycles. The summed E-state index contributed by atoms with van der Waals surface area (Å²) in [5.74, 6) is -0.295. The third kappa shape index (κ3) is 3.47. The first kappa shape index (κ1) is 12.5.